The lowest BCUT2D eigenvalue weighted by Crippen LogP contribution is -2.05. The number of aromatic nitrogens is 3. The maximum Gasteiger partial charge on any atom is 0.194 e. The van der Waals surface area contributed by atoms with Gasteiger partial charge in [0.2, 0.25) is 0 Å². The summed E-state index contributed by atoms with van der Waals surface area (Å²) in [5, 5.41) is 1.59. The molecule has 0 unspecified atom stereocenters. The van der Waals surface area contributed by atoms with E-state index in [-0.39, 0.29) is 6.04 Å². The zero-order chi connectivity index (χ0) is 12.3. The Kier molecular flexibility index (Phi) is 3.71. The second kappa shape index (κ2) is 5.25. The summed E-state index contributed by atoms with van der Waals surface area (Å²) in [7, 11) is 0. The Labute approximate surface area is 105 Å². The molecule has 5 heteroatoms. The molecule has 2 aromatic rings. The van der Waals surface area contributed by atoms with Gasteiger partial charge in [-0.05, 0) is 43.3 Å². The second-order valence-electron chi connectivity index (χ2n) is 3.80. The molecule has 0 aliphatic heterocycles. The fourth-order valence-corrected chi connectivity index (χ4v) is 2.02. The fraction of sp³-hybridized carbons (Fsp3) is 0.250. The summed E-state index contributed by atoms with van der Waals surface area (Å²) in [5.74, 6) is 0. The molecule has 2 N–H and O–H groups in total. The normalized spacial score (nSPS) is 12.4. The monoisotopic (exact) mass is 246 g/mol. The van der Waals surface area contributed by atoms with Gasteiger partial charge in [0.1, 0.15) is 5.03 Å². The molecule has 0 fully saturated rings. The van der Waals surface area contributed by atoms with Crippen LogP contribution in [0.25, 0.3) is 0 Å². The van der Waals surface area contributed by atoms with E-state index >= 15 is 0 Å². The first-order chi connectivity index (χ1) is 8.15. The maximum absolute atomic E-state index is 5.76. The molecule has 1 atom stereocenters. The molecule has 0 saturated heterocycles. The van der Waals surface area contributed by atoms with E-state index in [4.69, 9.17) is 5.73 Å². The number of pyridine rings is 1. The Hall–Kier alpha value is -1.46. The van der Waals surface area contributed by atoms with Gasteiger partial charge in [-0.3, -0.25) is 0 Å². The molecule has 0 spiro atoms. The predicted octanol–water partition coefficient (Wildman–Crippen LogP) is 2.35. The van der Waals surface area contributed by atoms with Gasteiger partial charge in [-0.15, -0.1) is 0 Å². The lowest BCUT2D eigenvalue weighted by molar-refractivity contribution is 0.806. The van der Waals surface area contributed by atoms with Crippen LogP contribution >= 0.6 is 11.8 Å². The van der Waals surface area contributed by atoms with E-state index in [2.05, 4.69) is 15.0 Å². The highest BCUT2D eigenvalue weighted by Crippen LogP contribution is 2.23. The summed E-state index contributed by atoms with van der Waals surface area (Å²) in [5.41, 5.74) is 7.75. The van der Waals surface area contributed by atoms with E-state index in [1.807, 2.05) is 32.0 Å². The lowest BCUT2D eigenvalue weighted by Gasteiger charge is -2.05. The standard InChI is InChI=1S/C12H14N4S/c1-8-5-6-14-12(16-8)17-11-4-3-10(7-15-11)9(2)13/h3-7,9H,13H2,1-2H3/t9-/m1/s1. The van der Waals surface area contributed by atoms with Gasteiger partial charge in [0, 0.05) is 24.1 Å². The Balaban J connectivity index is 2.14. The van der Waals surface area contributed by atoms with Crippen molar-refractivity contribution in [1.29, 1.82) is 0 Å². The van der Waals surface area contributed by atoms with E-state index in [9.17, 15) is 0 Å². The minimum atomic E-state index is 0.0109. The molecular weight excluding hydrogens is 232 g/mol. The molecule has 0 saturated carbocycles. The summed E-state index contributed by atoms with van der Waals surface area (Å²) in [6, 6.07) is 5.80. The molecule has 0 bridgehead atoms. The van der Waals surface area contributed by atoms with Gasteiger partial charge in [-0.25, -0.2) is 15.0 Å². The zero-order valence-corrected chi connectivity index (χ0v) is 10.6. The van der Waals surface area contributed by atoms with Crippen LogP contribution in [0.1, 0.15) is 24.2 Å². The first-order valence-electron chi connectivity index (χ1n) is 5.34. The van der Waals surface area contributed by atoms with E-state index < -0.39 is 0 Å². The summed E-state index contributed by atoms with van der Waals surface area (Å²) in [4.78, 5) is 12.8. The Morgan fingerprint density at radius 2 is 2.06 bits per heavy atom. The van der Waals surface area contributed by atoms with Crippen LogP contribution in [0.4, 0.5) is 0 Å². The highest BCUT2D eigenvalue weighted by Gasteiger charge is 2.04. The van der Waals surface area contributed by atoms with Gasteiger partial charge >= 0.3 is 0 Å². The van der Waals surface area contributed by atoms with Gasteiger partial charge in [0.05, 0.1) is 0 Å². The van der Waals surface area contributed by atoms with E-state index in [0.717, 1.165) is 16.3 Å². The topological polar surface area (TPSA) is 64.7 Å². The number of hydrogen-bond acceptors (Lipinski definition) is 5. The van der Waals surface area contributed by atoms with Crippen LogP contribution in [0.5, 0.6) is 0 Å². The average molecular weight is 246 g/mol. The van der Waals surface area contributed by atoms with Gasteiger partial charge < -0.3 is 5.73 Å². The average Bonchev–Trinajstić information content (AvgIpc) is 2.29. The molecule has 2 rings (SSSR count). The zero-order valence-electron chi connectivity index (χ0n) is 9.79. The van der Waals surface area contributed by atoms with Gasteiger partial charge in [0.25, 0.3) is 0 Å². The minimum Gasteiger partial charge on any atom is -0.324 e. The molecule has 0 aromatic carbocycles. The molecule has 0 amide bonds. The predicted molar refractivity (Wildman–Crippen MR) is 67.7 cm³/mol. The highest BCUT2D eigenvalue weighted by molar-refractivity contribution is 7.99. The van der Waals surface area contributed by atoms with Crippen molar-refractivity contribution in [2.24, 2.45) is 5.73 Å². The van der Waals surface area contributed by atoms with Gasteiger partial charge in [-0.1, -0.05) is 6.07 Å². The largest absolute Gasteiger partial charge is 0.324 e. The summed E-state index contributed by atoms with van der Waals surface area (Å²) in [6.07, 6.45) is 3.55. The highest BCUT2D eigenvalue weighted by atomic mass is 32.2. The van der Waals surface area contributed by atoms with Crippen molar-refractivity contribution in [3.63, 3.8) is 0 Å². The van der Waals surface area contributed by atoms with E-state index in [1.165, 1.54) is 11.8 Å². The van der Waals surface area contributed by atoms with Gasteiger partial charge in [0.15, 0.2) is 5.16 Å². The van der Waals surface area contributed by atoms with Crippen molar-refractivity contribution < 1.29 is 0 Å². The van der Waals surface area contributed by atoms with Crippen molar-refractivity contribution >= 4 is 11.8 Å². The van der Waals surface area contributed by atoms with Crippen LogP contribution in [0.15, 0.2) is 40.8 Å². The van der Waals surface area contributed by atoms with Crippen molar-refractivity contribution in [3.05, 3.63) is 41.9 Å². The van der Waals surface area contributed by atoms with Crippen molar-refractivity contribution in [2.45, 2.75) is 30.1 Å². The SMILES string of the molecule is Cc1ccnc(Sc2ccc([C@@H](C)N)cn2)n1. The molecule has 0 radical (unpaired) electrons. The van der Waals surface area contributed by atoms with Crippen molar-refractivity contribution in [2.75, 3.05) is 0 Å². The third kappa shape index (κ3) is 3.25. The molecular formula is C12H14N4S. The van der Waals surface area contributed by atoms with E-state index in [0.29, 0.717) is 5.16 Å². The quantitative estimate of drug-likeness (QED) is 0.842. The molecule has 2 aromatic heterocycles. The first-order valence-corrected chi connectivity index (χ1v) is 6.16. The first kappa shape index (κ1) is 12.0. The fourth-order valence-electron chi connectivity index (χ4n) is 1.29. The Morgan fingerprint density at radius 3 is 2.65 bits per heavy atom. The minimum absolute atomic E-state index is 0.0109. The smallest absolute Gasteiger partial charge is 0.194 e. The molecule has 0 aliphatic carbocycles. The van der Waals surface area contributed by atoms with Crippen LogP contribution in [0, 0.1) is 6.92 Å². The number of nitrogens with two attached hydrogens (primary N) is 1. The molecule has 88 valence electrons. The lowest BCUT2D eigenvalue weighted by atomic mass is 10.2. The molecule has 17 heavy (non-hydrogen) atoms. The van der Waals surface area contributed by atoms with Crippen molar-refractivity contribution in [1.82, 2.24) is 15.0 Å². The molecule has 0 aliphatic rings. The number of aryl methyl sites for hydroxylation is 1. The molecule has 4 nitrogen and oxygen atoms in total. The van der Waals surface area contributed by atoms with Crippen LogP contribution in [-0.2, 0) is 0 Å². The summed E-state index contributed by atoms with van der Waals surface area (Å²) >= 11 is 1.45. The number of hydrogen-bond donors (Lipinski definition) is 1. The summed E-state index contributed by atoms with van der Waals surface area (Å²) in [6.45, 7) is 3.88. The summed E-state index contributed by atoms with van der Waals surface area (Å²) < 4.78 is 0. The maximum atomic E-state index is 5.76. The van der Waals surface area contributed by atoms with E-state index in [1.54, 1.807) is 12.4 Å². The molecule has 2 heterocycles. The van der Waals surface area contributed by atoms with Gasteiger partial charge in [-0.2, -0.15) is 0 Å². The van der Waals surface area contributed by atoms with Crippen LogP contribution in [0.3, 0.4) is 0 Å². The Morgan fingerprint density at radius 1 is 1.24 bits per heavy atom. The third-order valence-electron chi connectivity index (χ3n) is 2.25. The number of nitrogens with zero attached hydrogens (tertiary/aromatic N) is 3. The second-order valence-corrected chi connectivity index (χ2v) is 4.79. The van der Waals surface area contributed by atoms with Crippen LogP contribution < -0.4 is 5.73 Å². The van der Waals surface area contributed by atoms with Crippen molar-refractivity contribution in [3.8, 4) is 0 Å². The van der Waals surface area contributed by atoms with Crippen LogP contribution in [0.2, 0.25) is 0 Å². The number of rotatable bonds is 3. The third-order valence-corrected chi connectivity index (χ3v) is 3.08. The Bertz CT molecular complexity index is 496. The van der Waals surface area contributed by atoms with Crippen LogP contribution in [-0.4, -0.2) is 15.0 Å².